The summed E-state index contributed by atoms with van der Waals surface area (Å²) in [5.74, 6) is 1.58. The molecule has 2 aromatic carbocycles. The summed E-state index contributed by atoms with van der Waals surface area (Å²) < 4.78 is 0. The van der Waals surface area contributed by atoms with Gasteiger partial charge in [0.1, 0.15) is 5.82 Å². The molecule has 3 aromatic rings. The summed E-state index contributed by atoms with van der Waals surface area (Å²) in [5.41, 5.74) is 3.06. The molecule has 0 saturated carbocycles. The maximum absolute atomic E-state index is 9.82. The second kappa shape index (κ2) is 7.76. The third-order valence-corrected chi connectivity index (χ3v) is 5.00. The summed E-state index contributed by atoms with van der Waals surface area (Å²) in [7, 11) is 2.02. The Bertz CT molecular complexity index is 877. The first-order valence-electron chi connectivity index (χ1n) is 9.37. The van der Waals surface area contributed by atoms with Gasteiger partial charge in [0.05, 0.1) is 11.8 Å². The highest BCUT2D eigenvalue weighted by molar-refractivity contribution is 5.68. The number of nitrogens with zero attached hydrogens (tertiary/aromatic N) is 4. The zero-order valence-electron chi connectivity index (χ0n) is 15.5. The van der Waals surface area contributed by atoms with Crippen LogP contribution in [0.4, 0.5) is 17.5 Å². The molecular weight excluding hydrogens is 336 g/mol. The predicted molar refractivity (Wildman–Crippen MR) is 109 cm³/mol. The molecule has 1 N–H and O–H groups in total. The maximum Gasteiger partial charge on any atom is 0.227 e. The predicted octanol–water partition coefficient (Wildman–Crippen LogP) is 3.87. The van der Waals surface area contributed by atoms with Crippen LogP contribution in [-0.4, -0.2) is 41.3 Å². The second-order valence-corrected chi connectivity index (χ2v) is 6.89. The molecule has 27 heavy (non-hydrogen) atoms. The van der Waals surface area contributed by atoms with E-state index in [2.05, 4.69) is 34.1 Å². The minimum absolute atomic E-state index is 0.218. The molecule has 5 heteroatoms. The molecule has 5 nitrogen and oxygen atoms in total. The number of rotatable bonds is 4. The van der Waals surface area contributed by atoms with Crippen molar-refractivity contribution >= 4 is 17.5 Å². The molecule has 0 unspecified atom stereocenters. The van der Waals surface area contributed by atoms with E-state index in [9.17, 15) is 5.11 Å². The highest BCUT2D eigenvalue weighted by Crippen LogP contribution is 2.29. The van der Waals surface area contributed by atoms with Gasteiger partial charge in [-0.3, -0.25) is 0 Å². The molecule has 0 bridgehead atoms. The standard InChI is InChI=1S/C22H24N4O/c1-25(18-10-6-3-7-11-18)21-16-20(17-8-4-2-5-9-17)23-22(24-21)26-14-12-19(27)13-15-26/h2-11,16,19,27H,12-15H2,1H3. The van der Waals surface area contributed by atoms with Gasteiger partial charge in [-0.1, -0.05) is 48.5 Å². The van der Waals surface area contributed by atoms with Crippen molar-refractivity contribution in [2.75, 3.05) is 29.9 Å². The smallest absolute Gasteiger partial charge is 0.227 e. The molecule has 0 aliphatic carbocycles. The van der Waals surface area contributed by atoms with Crippen LogP contribution in [0.1, 0.15) is 12.8 Å². The average Bonchev–Trinajstić information content (AvgIpc) is 2.74. The number of hydrogen-bond donors (Lipinski definition) is 1. The molecular formula is C22H24N4O. The minimum Gasteiger partial charge on any atom is -0.393 e. The Kier molecular flexibility index (Phi) is 5.03. The average molecular weight is 360 g/mol. The van der Waals surface area contributed by atoms with E-state index in [1.807, 2.05) is 49.5 Å². The van der Waals surface area contributed by atoms with Crippen LogP contribution in [0.15, 0.2) is 66.7 Å². The monoisotopic (exact) mass is 360 g/mol. The SMILES string of the molecule is CN(c1ccccc1)c1cc(-c2ccccc2)nc(N2CCC(O)CC2)n1. The largest absolute Gasteiger partial charge is 0.393 e. The lowest BCUT2D eigenvalue weighted by Gasteiger charge is -2.30. The van der Waals surface area contributed by atoms with Crippen molar-refractivity contribution in [1.82, 2.24) is 9.97 Å². The van der Waals surface area contributed by atoms with Crippen molar-refractivity contribution in [1.29, 1.82) is 0 Å². The highest BCUT2D eigenvalue weighted by Gasteiger charge is 2.21. The highest BCUT2D eigenvalue weighted by atomic mass is 16.3. The molecule has 1 fully saturated rings. The first-order chi connectivity index (χ1) is 13.2. The van der Waals surface area contributed by atoms with Crippen molar-refractivity contribution in [3.8, 4) is 11.3 Å². The van der Waals surface area contributed by atoms with Crippen molar-refractivity contribution in [2.24, 2.45) is 0 Å². The van der Waals surface area contributed by atoms with Gasteiger partial charge in [0, 0.05) is 37.5 Å². The number of benzene rings is 2. The first-order valence-corrected chi connectivity index (χ1v) is 9.37. The lowest BCUT2D eigenvalue weighted by molar-refractivity contribution is 0.145. The lowest BCUT2D eigenvalue weighted by Crippen LogP contribution is -2.37. The molecule has 0 atom stereocenters. The topological polar surface area (TPSA) is 52.5 Å². The van der Waals surface area contributed by atoms with Gasteiger partial charge in [-0.25, -0.2) is 4.98 Å². The van der Waals surface area contributed by atoms with E-state index in [1.54, 1.807) is 0 Å². The minimum atomic E-state index is -0.218. The van der Waals surface area contributed by atoms with Crippen LogP contribution in [0, 0.1) is 0 Å². The van der Waals surface area contributed by atoms with Crippen LogP contribution in [0.2, 0.25) is 0 Å². The molecule has 1 saturated heterocycles. The van der Waals surface area contributed by atoms with Crippen LogP contribution in [0.3, 0.4) is 0 Å². The zero-order chi connectivity index (χ0) is 18.6. The number of aliphatic hydroxyl groups excluding tert-OH is 1. The normalized spacial score (nSPS) is 15.0. The Hall–Kier alpha value is -2.92. The van der Waals surface area contributed by atoms with Crippen LogP contribution in [-0.2, 0) is 0 Å². The van der Waals surface area contributed by atoms with Crippen LogP contribution < -0.4 is 9.80 Å². The van der Waals surface area contributed by atoms with E-state index in [4.69, 9.17) is 9.97 Å². The Labute approximate surface area is 159 Å². The van der Waals surface area contributed by atoms with Gasteiger partial charge in [0.2, 0.25) is 5.95 Å². The molecule has 138 valence electrons. The maximum atomic E-state index is 9.82. The summed E-state index contributed by atoms with van der Waals surface area (Å²) >= 11 is 0. The molecule has 1 aliphatic heterocycles. The molecule has 0 amide bonds. The Morgan fingerprint density at radius 3 is 2.22 bits per heavy atom. The van der Waals surface area contributed by atoms with Gasteiger partial charge in [0.25, 0.3) is 0 Å². The first kappa shape index (κ1) is 17.5. The Balaban J connectivity index is 1.75. The summed E-state index contributed by atoms with van der Waals surface area (Å²) in [6, 6.07) is 22.4. The van der Waals surface area contributed by atoms with Crippen molar-refractivity contribution in [3.63, 3.8) is 0 Å². The zero-order valence-corrected chi connectivity index (χ0v) is 15.5. The summed E-state index contributed by atoms with van der Waals surface area (Å²) in [4.78, 5) is 13.9. The number of aliphatic hydroxyl groups is 1. The molecule has 1 aliphatic rings. The third-order valence-electron chi connectivity index (χ3n) is 5.00. The Morgan fingerprint density at radius 1 is 0.926 bits per heavy atom. The fraction of sp³-hybridized carbons (Fsp3) is 0.273. The fourth-order valence-corrected chi connectivity index (χ4v) is 3.34. The molecule has 0 radical (unpaired) electrons. The quantitative estimate of drug-likeness (QED) is 0.765. The number of piperidine rings is 1. The van der Waals surface area contributed by atoms with Gasteiger partial charge >= 0.3 is 0 Å². The molecule has 4 rings (SSSR count). The summed E-state index contributed by atoms with van der Waals surface area (Å²) in [6.45, 7) is 1.54. The number of aromatic nitrogens is 2. The van der Waals surface area contributed by atoms with Gasteiger partial charge < -0.3 is 14.9 Å². The summed E-state index contributed by atoms with van der Waals surface area (Å²) in [5, 5.41) is 9.82. The van der Waals surface area contributed by atoms with Crippen molar-refractivity contribution < 1.29 is 5.11 Å². The third kappa shape index (κ3) is 3.93. The van der Waals surface area contributed by atoms with Crippen molar-refractivity contribution in [2.45, 2.75) is 18.9 Å². The van der Waals surface area contributed by atoms with Gasteiger partial charge in [-0.2, -0.15) is 4.98 Å². The van der Waals surface area contributed by atoms with E-state index < -0.39 is 0 Å². The van der Waals surface area contributed by atoms with Gasteiger partial charge in [-0.05, 0) is 25.0 Å². The van der Waals surface area contributed by atoms with Crippen LogP contribution in [0.5, 0.6) is 0 Å². The molecule has 0 spiro atoms. The fourth-order valence-electron chi connectivity index (χ4n) is 3.34. The van der Waals surface area contributed by atoms with E-state index >= 15 is 0 Å². The number of hydrogen-bond acceptors (Lipinski definition) is 5. The number of para-hydroxylation sites is 1. The lowest BCUT2D eigenvalue weighted by atomic mass is 10.1. The second-order valence-electron chi connectivity index (χ2n) is 6.89. The number of anilines is 3. The van der Waals surface area contributed by atoms with E-state index in [1.165, 1.54) is 0 Å². The van der Waals surface area contributed by atoms with Crippen LogP contribution >= 0.6 is 0 Å². The molecule has 2 heterocycles. The van der Waals surface area contributed by atoms with E-state index in [-0.39, 0.29) is 6.10 Å². The van der Waals surface area contributed by atoms with Gasteiger partial charge in [0.15, 0.2) is 0 Å². The van der Waals surface area contributed by atoms with Crippen molar-refractivity contribution in [3.05, 3.63) is 66.7 Å². The van der Waals surface area contributed by atoms with E-state index in [0.29, 0.717) is 0 Å². The molecule has 1 aromatic heterocycles. The summed E-state index contributed by atoms with van der Waals surface area (Å²) in [6.07, 6.45) is 1.29. The Morgan fingerprint density at radius 2 is 1.56 bits per heavy atom. The van der Waals surface area contributed by atoms with E-state index in [0.717, 1.165) is 54.6 Å². The van der Waals surface area contributed by atoms with Gasteiger partial charge in [-0.15, -0.1) is 0 Å². The van der Waals surface area contributed by atoms with Crippen LogP contribution in [0.25, 0.3) is 11.3 Å².